The SMILES string of the molecule is CC[C@H](C)N1C(=O)[C@@H]2[C@H](C1=O)[C@H]1C=C(C)c3cc(C)ccc3N1[C@H]2C(=O)c1cccs1. The van der Waals surface area contributed by atoms with Gasteiger partial charge in [0, 0.05) is 17.3 Å². The van der Waals surface area contributed by atoms with Gasteiger partial charge in [-0.2, -0.15) is 0 Å². The number of Topliss-reactive ketones (excluding diaryl/α,β-unsaturated/α-hetero) is 1. The van der Waals surface area contributed by atoms with Crippen LogP contribution in [0.1, 0.15) is 48.0 Å². The molecule has 3 aliphatic heterocycles. The Kier molecular flexibility index (Phi) is 4.66. The minimum absolute atomic E-state index is 0.0703. The van der Waals surface area contributed by atoms with Crippen LogP contribution in [0.3, 0.4) is 0 Å². The van der Waals surface area contributed by atoms with E-state index < -0.39 is 17.9 Å². The molecule has 2 saturated heterocycles. The van der Waals surface area contributed by atoms with E-state index in [0.717, 1.165) is 22.4 Å². The lowest BCUT2D eigenvalue weighted by Gasteiger charge is -2.38. The van der Waals surface area contributed by atoms with Crippen LogP contribution in [0.2, 0.25) is 0 Å². The molecule has 160 valence electrons. The average molecular weight is 435 g/mol. The third-order valence-corrected chi connectivity index (χ3v) is 7.99. The molecule has 3 aliphatic rings. The summed E-state index contributed by atoms with van der Waals surface area (Å²) in [6.45, 7) is 7.98. The van der Waals surface area contributed by atoms with Crippen molar-refractivity contribution in [2.75, 3.05) is 4.90 Å². The second-order valence-corrected chi connectivity index (χ2v) is 9.86. The number of rotatable bonds is 4. The fourth-order valence-corrected chi connectivity index (χ4v) is 6.16. The fraction of sp³-hybridized carbons (Fsp3) is 0.400. The summed E-state index contributed by atoms with van der Waals surface area (Å²) in [6.07, 6.45) is 2.79. The number of amides is 2. The van der Waals surface area contributed by atoms with E-state index in [4.69, 9.17) is 0 Å². The van der Waals surface area contributed by atoms with Crippen molar-refractivity contribution in [3.8, 4) is 0 Å². The molecular formula is C25H26N2O3S. The van der Waals surface area contributed by atoms with E-state index in [-0.39, 0.29) is 29.7 Å². The molecule has 4 heterocycles. The Hall–Kier alpha value is -2.73. The third-order valence-electron chi connectivity index (χ3n) is 7.10. The maximum absolute atomic E-state index is 13.7. The van der Waals surface area contributed by atoms with Gasteiger partial charge < -0.3 is 4.90 Å². The van der Waals surface area contributed by atoms with E-state index >= 15 is 0 Å². The lowest BCUT2D eigenvalue weighted by atomic mass is 9.86. The fourth-order valence-electron chi connectivity index (χ4n) is 5.46. The van der Waals surface area contributed by atoms with Crippen molar-refractivity contribution >= 4 is 40.2 Å². The molecule has 0 radical (unpaired) electrons. The predicted octanol–water partition coefficient (Wildman–Crippen LogP) is 4.31. The molecule has 1 aromatic carbocycles. The molecule has 0 spiro atoms. The molecule has 5 atom stereocenters. The monoisotopic (exact) mass is 434 g/mol. The van der Waals surface area contributed by atoms with Gasteiger partial charge >= 0.3 is 0 Å². The van der Waals surface area contributed by atoms with Gasteiger partial charge in [0.2, 0.25) is 11.8 Å². The molecule has 0 saturated carbocycles. The van der Waals surface area contributed by atoms with Gasteiger partial charge in [-0.25, -0.2) is 0 Å². The molecule has 0 aliphatic carbocycles. The van der Waals surface area contributed by atoms with Crippen LogP contribution in [-0.4, -0.2) is 40.6 Å². The highest BCUT2D eigenvalue weighted by Gasteiger charge is 2.64. The van der Waals surface area contributed by atoms with Crippen LogP contribution in [0.4, 0.5) is 5.69 Å². The number of carbonyl (C=O) groups is 3. The molecule has 5 rings (SSSR count). The van der Waals surface area contributed by atoms with Crippen molar-refractivity contribution in [3.63, 3.8) is 0 Å². The number of benzene rings is 1. The van der Waals surface area contributed by atoms with Crippen LogP contribution >= 0.6 is 11.3 Å². The number of anilines is 1. The summed E-state index contributed by atoms with van der Waals surface area (Å²) in [5, 5.41) is 1.88. The summed E-state index contributed by atoms with van der Waals surface area (Å²) >= 11 is 1.39. The number of nitrogens with zero attached hydrogens (tertiary/aromatic N) is 2. The van der Waals surface area contributed by atoms with E-state index in [0.29, 0.717) is 11.3 Å². The van der Waals surface area contributed by atoms with Gasteiger partial charge in [0.15, 0.2) is 5.78 Å². The summed E-state index contributed by atoms with van der Waals surface area (Å²) < 4.78 is 0. The third kappa shape index (κ3) is 2.77. The summed E-state index contributed by atoms with van der Waals surface area (Å²) in [5.41, 5.74) is 4.24. The quantitative estimate of drug-likeness (QED) is 0.531. The highest BCUT2D eigenvalue weighted by molar-refractivity contribution is 7.12. The number of allylic oxidation sites excluding steroid dienone is 1. The molecule has 2 fully saturated rings. The zero-order valence-corrected chi connectivity index (χ0v) is 19.0. The summed E-state index contributed by atoms with van der Waals surface area (Å²) in [7, 11) is 0. The van der Waals surface area contributed by atoms with Crippen LogP contribution in [-0.2, 0) is 9.59 Å². The Morgan fingerprint density at radius 2 is 1.87 bits per heavy atom. The van der Waals surface area contributed by atoms with Gasteiger partial charge in [-0.05, 0) is 56.3 Å². The summed E-state index contributed by atoms with van der Waals surface area (Å²) in [5.74, 6) is -1.59. The second kappa shape index (κ2) is 7.16. The van der Waals surface area contributed by atoms with E-state index in [2.05, 4.69) is 17.0 Å². The highest BCUT2D eigenvalue weighted by Crippen LogP contribution is 2.51. The number of aryl methyl sites for hydroxylation is 1. The van der Waals surface area contributed by atoms with E-state index in [1.54, 1.807) is 0 Å². The van der Waals surface area contributed by atoms with Crippen LogP contribution < -0.4 is 4.90 Å². The van der Waals surface area contributed by atoms with E-state index in [9.17, 15) is 14.4 Å². The first-order valence-corrected chi connectivity index (χ1v) is 11.8. The Morgan fingerprint density at radius 1 is 1.13 bits per heavy atom. The molecule has 6 heteroatoms. The van der Waals surface area contributed by atoms with E-state index in [1.165, 1.54) is 16.2 Å². The van der Waals surface area contributed by atoms with Crippen LogP contribution in [0.5, 0.6) is 0 Å². The molecule has 5 nitrogen and oxygen atoms in total. The minimum Gasteiger partial charge on any atom is -0.352 e. The lowest BCUT2D eigenvalue weighted by Crippen LogP contribution is -2.50. The molecule has 0 unspecified atom stereocenters. The van der Waals surface area contributed by atoms with Gasteiger partial charge in [-0.15, -0.1) is 11.3 Å². The number of ketones is 1. The Bertz CT molecular complexity index is 1120. The highest BCUT2D eigenvalue weighted by atomic mass is 32.1. The van der Waals surface area contributed by atoms with Crippen molar-refractivity contribution in [3.05, 3.63) is 57.8 Å². The van der Waals surface area contributed by atoms with Gasteiger partial charge in [-0.3, -0.25) is 19.3 Å². The number of likely N-dealkylation sites (tertiary alicyclic amines) is 1. The molecular weight excluding hydrogens is 408 g/mol. The van der Waals surface area contributed by atoms with E-state index in [1.807, 2.05) is 57.3 Å². The molecule has 31 heavy (non-hydrogen) atoms. The van der Waals surface area contributed by atoms with Crippen molar-refractivity contribution in [1.29, 1.82) is 0 Å². The number of fused-ring (bicyclic) bond motifs is 5. The van der Waals surface area contributed by atoms with Crippen molar-refractivity contribution in [2.24, 2.45) is 11.8 Å². The second-order valence-electron chi connectivity index (χ2n) is 8.91. The van der Waals surface area contributed by atoms with Gasteiger partial charge in [0.1, 0.15) is 6.04 Å². The first-order chi connectivity index (χ1) is 14.8. The number of imide groups is 1. The summed E-state index contributed by atoms with van der Waals surface area (Å²) in [6, 6.07) is 8.71. The van der Waals surface area contributed by atoms with Crippen molar-refractivity contribution in [1.82, 2.24) is 4.90 Å². The first kappa shape index (κ1) is 20.2. The molecule has 0 N–H and O–H groups in total. The number of hydrogen-bond acceptors (Lipinski definition) is 5. The average Bonchev–Trinajstić information content (AvgIpc) is 3.44. The van der Waals surface area contributed by atoms with Crippen molar-refractivity contribution < 1.29 is 14.4 Å². The predicted molar refractivity (Wildman–Crippen MR) is 122 cm³/mol. The Balaban J connectivity index is 1.69. The van der Waals surface area contributed by atoms with Crippen LogP contribution in [0, 0.1) is 18.8 Å². The van der Waals surface area contributed by atoms with Gasteiger partial charge in [-0.1, -0.05) is 30.7 Å². The zero-order valence-electron chi connectivity index (χ0n) is 18.2. The Morgan fingerprint density at radius 3 is 2.55 bits per heavy atom. The smallest absolute Gasteiger partial charge is 0.236 e. The maximum atomic E-state index is 13.7. The molecule has 2 aromatic rings. The van der Waals surface area contributed by atoms with Crippen LogP contribution in [0.15, 0.2) is 41.8 Å². The van der Waals surface area contributed by atoms with Crippen LogP contribution in [0.25, 0.3) is 5.57 Å². The first-order valence-electron chi connectivity index (χ1n) is 10.9. The number of hydrogen-bond donors (Lipinski definition) is 0. The molecule has 0 bridgehead atoms. The standard InChI is InChI=1S/C25H26N2O3S/c1-5-15(4)26-24(29)20-18-12-14(3)16-11-13(2)8-9-17(16)27(18)22(21(20)25(26)30)23(28)19-7-6-10-31-19/h6-12,15,18,20-22H,5H2,1-4H3/t15-,18+,20+,21+,22+/m0/s1. The molecule has 1 aromatic heterocycles. The van der Waals surface area contributed by atoms with Gasteiger partial charge in [0.25, 0.3) is 0 Å². The summed E-state index contributed by atoms with van der Waals surface area (Å²) in [4.78, 5) is 44.9. The minimum atomic E-state index is -0.676. The normalized spacial score (nSPS) is 27.7. The molecule has 2 amide bonds. The number of thiophene rings is 1. The largest absolute Gasteiger partial charge is 0.352 e. The Labute approximate surface area is 186 Å². The topological polar surface area (TPSA) is 57.7 Å². The zero-order chi connectivity index (χ0) is 22.0. The maximum Gasteiger partial charge on any atom is 0.236 e. The van der Waals surface area contributed by atoms with Crippen molar-refractivity contribution in [2.45, 2.75) is 52.2 Å². The lowest BCUT2D eigenvalue weighted by molar-refractivity contribution is -0.142. The number of carbonyl (C=O) groups excluding carboxylic acids is 3. The van der Waals surface area contributed by atoms with Gasteiger partial charge in [0.05, 0.1) is 22.8 Å².